The summed E-state index contributed by atoms with van der Waals surface area (Å²) in [6.45, 7) is 3.98. The van der Waals surface area contributed by atoms with Gasteiger partial charge < -0.3 is 14.4 Å². The standard InChI is InChI=1S/C27H32N10O2/c1-19-8-6-10-22-25(19)37(21-9-4-5-15-35(17-21)24(38)11-7-14-34(2)3)27(30-22)31-26(39)20-12-13-28-23(16-20)36-18-29-32-33-36/h6-8,10-13,16,18,21H,4-5,9,14-15,17H2,1-3H3,(H,30,31,39). The minimum Gasteiger partial charge on any atom is -0.337 e. The van der Waals surface area contributed by atoms with Crippen LogP contribution in [0, 0.1) is 6.92 Å². The van der Waals surface area contributed by atoms with Crippen molar-refractivity contribution in [3.8, 4) is 5.82 Å². The summed E-state index contributed by atoms with van der Waals surface area (Å²) in [7, 11) is 3.94. The number of para-hydroxylation sites is 1. The lowest BCUT2D eigenvalue weighted by molar-refractivity contribution is -0.126. The second-order valence-corrected chi connectivity index (χ2v) is 9.96. The Morgan fingerprint density at radius 2 is 2.08 bits per heavy atom. The first-order chi connectivity index (χ1) is 18.9. The van der Waals surface area contributed by atoms with Crippen LogP contribution >= 0.6 is 0 Å². The summed E-state index contributed by atoms with van der Waals surface area (Å²) in [4.78, 5) is 39.5. The molecule has 12 heteroatoms. The molecule has 1 atom stereocenters. The van der Waals surface area contributed by atoms with Crippen LogP contribution in [0.5, 0.6) is 0 Å². The number of benzene rings is 1. The van der Waals surface area contributed by atoms with Crippen LogP contribution in [0.4, 0.5) is 5.95 Å². The molecule has 1 N–H and O–H groups in total. The maximum atomic E-state index is 13.4. The number of aryl methyl sites for hydroxylation is 1. The molecule has 202 valence electrons. The van der Waals surface area contributed by atoms with E-state index >= 15 is 0 Å². The van der Waals surface area contributed by atoms with E-state index in [2.05, 4.69) is 30.4 Å². The molecular formula is C27H32N10O2. The Kier molecular flexibility index (Phi) is 7.73. The highest BCUT2D eigenvalue weighted by Crippen LogP contribution is 2.32. The maximum Gasteiger partial charge on any atom is 0.258 e. The van der Waals surface area contributed by atoms with Gasteiger partial charge >= 0.3 is 0 Å². The van der Waals surface area contributed by atoms with Crippen LogP contribution in [0.15, 0.2) is 55.0 Å². The van der Waals surface area contributed by atoms with Gasteiger partial charge in [0.05, 0.1) is 17.1 Å². The number of likely N-dealkylation sites (tertiary alicyclic amines) is 1. The van der Waals surface area contributed by atoms with Gasteiger partial charge in [-0.2, -0.15) is 4.68 Å². The van der Waals surface area contributed by atoms with Gasteiger partial charge in [0.25, 0.3) is 5.91 Å². The molecule has 1 unspecified atom stereocenters. The molecule has 1 aromatic carbocycles. The maximum absolute atomic E-state index is 13.4. The first kappa shape index (κ1) is 26.2. The van der Waals surface area contributed by atoms with Crippen LogP contribution in [0.1, 0.15) is 41.2 Å². The fraction of sp³-hybridized carbons (Fsp3) is 0.370. The number of aromatic nitrogens is 7. The Hall–Kier alpha value is -4.45. The monoisotopic (exact) mass is 528 g/mol. The van der Waals surface area contributed by atoms with E-state index < -0.39 is 0 Å². The number of hydrogen-bond donors (Lipinski definition) is 1. The number of nitrogens with one attached hydrogen (secondary N) is 1. The number of tetrazole rings is 1. The zero-order chi connectivity index (χ0) is 27.4. The van der Waals surface area contributed by atoms with Gasteiger partial charge in [0.2, 0.25) is 11.9 Å². The van der Waals surface area contributed by atoms with E-state index in [1.807, 2.05) is 55.1 Å². The van der Waals surface area contributed by atoms with Gasteiger partial charge in [0.1, 0.15) is 6.33 Å². The molecule has 2 amide bonds. The molecule has 1 fully saturated rings. The summed E-state index contributed by atoms with van der Waals surface area (Å²) in [5, 5.41) is 14.1. The second-order valence-electron chi connectivity index (χ2n) is 9.96. The molecule has 3 aromatic heterocycles. The summed E-state index contributed by atoms with van der Waals surface area (Å²) < 4.78 is 3.49. The Bertz CT molecular complexity index is 1490. The van der Waals surface area contributed by atoms with Gasteiger partial charge in [-0.3, -0.25) is 14.9 Å². The van der Waals surface area contributed by atoms with Gasteiger partial charge in [-0.1, -0.05) is 18.2 Å². The molecule has 39 heavy (non-hydrogen) atoms. The molecular weight excluding hydrogens is 496 g/mol. The van der Waals surface area contributed by atoms with Crippen molar-refractivity contribution in [1.82, 2.24) is 44.5 Å². The van der Waals surface area contributed by atoms with Crippen molar-refractivity contribution in [3.63, 3.8) is 0 Å². The first-order valence-corrected chi connectivity index (χ1v) is 13.0. The summed E-state index contributed by atoms with van der Waals surface area (Å²) in [6, 6.07) is 9.15. The summed E-state index contributed by atoms with van der Waals surface area (Å²) in [6.07, 6.45) is 9.27. The molecule has 4 heterocycles. The molecule has 0 saturated carbocycles. The van der Waals surface area contributed by atoms with Crippen LogP contribution in [0.2, 0.25) is 0 Å². The van der Waals surface area contributed by atoms with Crippen molar-refractivity contribution >= 4 is 28.8 Å². The third-order valence-electron chi connectivity index (χ3n) is 6.78. The van der Waals surface area contributed by atoms with E-state index in [1.165, 1.54) is 17.2 Å². The number of likely N-dealkylation sites (N-methyl/N-ethyl adjacent to an activating group) is 1. The average molecular weight is 529 g/mol. The van der Waals surface area contributed by atoms with Gasteiger partial charge in [-0.15, -0.1) is 5.10 Å². The highest BCUT2D eigenvalue weighted by Gasteiger charge is 2.27. The number of carbonyl (C=O) groups is 2. The summed E-state index contributed by atoms with van der Waals surface area (Å²) >= 11 is 0. The highest BCUT2D eigenvalue weighted by atomic mass is 16.2. The van der Waals surface area contributed by atoms with Crippen LogP contribution in [-0.4, -0.2) is 90.1 Å². The number of fused-ring (bicyclic) bond motifs is 1. The molecule has 1 aliphatic rings. The van der Waals surface area contributed by atoms with Gasteiger partial charge in [0, 0.05) is 37.5 Å². The quantitative estimate of drug-likeness (QED) is 0.363. The van der Waals surface area contributed by atoms with Crippen molar-refractivity contribution in [2.24, 2.45) is 0 Å². The number of nitrogens with zero attached hydrogens (tertiary/aromatic N) is 9. The van der Waals surface area contributed by atoms with Crippen molar-refractivity contribution in [1.29, 1.82) is 0 Å². The molecule has 0 spiro atoms. The van der Waals surface area contributed by atoms with E-state index in [0.717, 1.165) is 35.9 Å². The molecule has 5 rings (SSSR count). The Morgan fingerprint density at radius 3 is 2.87 bits per heavy atom. The molecule has 4 aromatic rings. The van der Waals surface area contributed by atoms with Crippen LogP contribution in [0.25, 0.3) is 16.9 Å². The lowest BCUT2D eigenvalue weighted by atomic mass is 10.1. The zero-order valence-corrected chi connectivity index (χ0v) is 22.4. The molecule has 0 aliphatic carbocycles. The Labute approximate surface area is 226 Å². The highest BCUT2D eigenvalue weighted by molar-refractivity contribution is 6.04. The molecule has 0 bridgehead atoms. The predicted molar refractivity (Wildman–Crippen MR) is 147 cm³/mol. The fourth-order valence-corrected chi connectivity index (χ4v) is 4.89. The van der Waals surface area contributed by atoms with E-state index in [9.17, 15) is 9.59 Å². The Morgan fingerprint density at radius 1 is 1.21 bits per heavy atom. The Balaban J connectivity index is 1.46. The average Bonchev–Trinajstić information content (AvgIpc) is 3.52. The van der Waals surface area contributed by atoms with Crippen LogP contribution < -0.4 is 5.32 Å². The van der Waals surface area contributed by atoms with E-state index in [1.54, 1.807) is 18.2 Å². The van der Waals surface area contributed by atoms with Crippen molar-refractivity contribution in [3.05, 3.63) is 66.1 Å². The smallest absolute Gasteiger partial charge is 0.258 e. The first-order valence-electron chi connectivity index (χ1n) is 13.0. The molecule has 1 aliphatic heterocycles. The van der Waals surface area contributed by atoms with Gasteiger partial charge in [0.15, 0.2) is 5.82 Å². The number of pyridine rings is 1. The van der Waals surface area contributed by atoms with Crippen LogP contribution in [0.3, 0.4) is 0 Å². The fourth-order valence-electron chi connectivity index (χ4n) is 4.89. The summed E-state index contributed by atoms with van der Waals surface area (Å²) in [5.74, 6) is 0.557. The minimum absolute atomic E-state index is 0.00222. The van der Waals surface area contributed by atoms with Crippen molar-refractivity contribution in [2.45, 2.75) is 32.2 Å². The molecule has 0 radical (unpaired) electrons. The zero-order valence-electron chi connectivity index (χ0n) is 22.4. The third-order valence-corrected chi connectivity index (χ3v) is 6.78. The predicted octanol–water partition coefficient (Wildman–Crippen LogP) is 2.64. The van der Waals surface area contributed by atoms with Gasteiger partial charge in [-0.25, -0.2) is 9.97 Å². The molecule has 12 nitrogen and oxygen atoms in total. The summed E-state index contributed by atoms with van der Waals surface area (Å²) in [5.41, 5.74) is 3.20. The van der Waals surface area contributed by atoms with E-state index in [-0.39, 0.29) is 17.9 Å². The lowest BCUT2D eigenvalue weighted by Gasteiger charge is -2.26. The van der Waals surface area contributed by atoms with Gasteiger partial charge in [-0.05, 0) is 74.5 Å². The van der Waals surface area contributed by atoms with E-state index in [0.29, 0.717) is 37.0 Å². The number of amides is 2. The lowest BCUT2D eigenvalue weighted by Crippen LogP contribution is -2.35. The largest absolute Gasteiger partial charge is 0.337 e. The normalized spacial score (nSPS) is 16.2. The number of imidazole rings is 1. The molecule has 1 saturated heterocycles. The van der Waals surface area contributed by atoms with Crippen molar-refractivity contribution in [2.75, 3.05) is 39.0 Å². The van der Waals surface area contributed by atoms with E-state index in [4.69, 9.17) is 4.98 Å². The third kappa shape index (κ3) is 5.85. The number of anilines is 1. The second kappa shape index (κ2) is 11.5. The minimum atomic E-state index is -0.325. The SMILES string of the molecule is Cc1cccc2nc(NC(=O)c3ccnc(-n4cnnn4)c3)n(C3CCCCN(C(=O)C=CCN(C)C)C3)c12. The number of hydrogen-bond acceptors (Lipinski definition) is 8. The topological polar surface area (TPSA) is 127 Å². The van der Waals surface area contributed by atoms with Crippen LogP contribution in [-0.2, 0) is 4.79 Å². The number of rotatable bonds is 7. The van der Waals surface area contributed by atoms with Crippen molar-refractivity contribution < 1.29 is 9.59 Å². The number of carbonyl (C=O) groups excluding carboxylic acids is 2.